The van der Waals surface area contributed by atoms with Gasteiger partial charge in [-0.2, -0.15) is 0 Å². The van der Waals surface area contributed by atoms with Gasteiger partial charge in [0.1, 0.15) is 0 Å². The molecule has 0 bridgehead atoms. The molecular formula is C15H24N2O2. The van der Waals surface area contributed by atoms with Crippen LogP contribution in [0.3, 0.4) is 0 Å². The van der Waals surface area contributed by atoms with E-state index in [4.69, 9.17) is 0 Å². The van der Waals surface area contributed by atoms with Crippen molar-refractivity contribution in [3.63, 3.8) is 0 Å². The van der Waals surface area contributed by atoms with E-state index in [0.717, 1.165) is 5.56 Å². The molecule has 2 atom stereocenters. The molecule has 1 rings (SSSR count). The number of rotatable bonds is 6. The zero-order valence-electron chi connectivity index (χ0n) is 12.1. The Bertz CT molecular complexity index is 406. The van der Waals surface area contributed by atoms with Crippen molar-refractivity contribution >= 4 is 5.91 Å². The number of amides is 1. The summed E-state index contributed by atoms with van der Waals surface area (Å²) in [6.07, 6.45) is 0. The summed E-state index contributed by atoms with van der Waals surface area (Å²) in [6.45, 7) is 7.46. The van der Waals surface area contributed by atoms with Crippen LogP contribution in [0.5, 0.6) is 0 Å². The van der Waals surface area contributed by atoms with Crippen LogP contribution in [0.4, 0.5) is 0 Å². The fourth-order valence-corrected chi connectivity index (χ4v) is 1.98. The first-order chi connectivity index (χ1) is 8.89. The third-order valence-electron chi connectivity index (χ3n) is 3.09. The van der Waals surface area contributed by atoms with E-state index in [-0.39, 0.29) is 24.6 Å². The van der Waals surface area contributed by atoms with E-state index in [2.05, 4.69) is 10.6 Å². The zero-order chi connectivity index (χ0) is 14.5. The molecule has 2 unspecified atom stereocenters. The van der Waals surface area contributed by atoms with Gasteiger partial charge in [0.2, 0.25) is 5.91 Å². The van der Waals surface area contributed by atoms with Crippen molar-refractivity contribution in [3.05, 3.63) is 35.9 Å². The van der Waals surface area contributed by atoms with Crippen LogP contribution < -0.4 is 10.6 Å². The van der Waals surface area contributed by atoms with Gasteiger partial charge in [-0.1, -0.05) is 30.3 Å². The van der Waals surface area contributed by atoms with Crippen LogP contribution in [0.15, 0.2) is 30.3 Å². The summed E-state index contributed by atoms with van der Waals surface area (Å²) in [6, 6.07) is 9.38. The molecule has 19 heavy (non-hydrogen) atoms. The minimum Gasteiger partial charge on any atom is -0.394 e. The molecule has 1 amide bonds. The SMILES string of the molecule is CC(C)NC(=O)C(C)NC(C)(CO)c1ccccc1. The molecule has 0 aromatic heterocycles. The van der Waals surface area contributed by atoms with Crippen LogP contribution in [0.2, 0.25) is 0 Å². The lowest BCUT2D eigenvalue weighted by Gasteiger charge is -2.32. The molecule has 0 saturated heterocycles. The van der Waals surface area contributed by atoms with E-state index in [9.17, 15) is 9.90 Å². The van der Waals surface area contributed by atoms with Crippen molar-refractivity contribution in [2.24, 2.45) is 0 Å². The Morgan fingerprint density at radius 3 is 2.32 bits per heavy atom. The first-order valence-electron chi connectivity index (χ1n) is 6.63. The highest BCUT2D eigenvalue weighted by Gasteiger charge is 2.29. The molecule has 0 aliphatic carbocycles. The van der Waals surface area contributed by atoms with Gasteiger partial charge in [0.05, 0.1) is 18.2 Å². The van der Waals surface area contributed by atoms with E-state index in [1.165, 1.54) is 0 Å². The maximum Gasteiger partial charge on any atom is 0.237 e. The second-order valence-corrected chi connectivity index (χ2v) is 5.39. The van der Waals surface area contributed by atoms with Crippen LogP contribution in [-0.2, 0) is 10.3 Å². The van der Waals surface area contributed by atoms with Crippen LogP contribution in [-0.4, -0.2) is 29.7 Å². The quantitative estimate of drug-likeness (QED) is 0.728. The van der Waals surface area contributed by atoms with E-state index < -0.39 is 5.54 Å². The highest BCUT2D eigenvalue weighted by atomic mass is 16.3. The lowest BCUT2D eigenvalue weighted by molar-refractivity contribution is -0.123. The number of nitrogens with one attached hydrogen (secondary N) is 2. The molecule has 106 valence electrons. The van der Waals surface area contributed by atoms with Crippen molar-refractivity contribution in [2.45, 2.75) is 45.3 Å². The minimum atomic E-state index is -0.630. The van der Waals surface area contributed by atoms with E-state index >= 15 is 0 Å². The third kappa shape index (κ3) is 4.33. The summed E-state index contributed by atoms with van der Waals surface area (Å²) in [7, 11) is 0. The summed E-state index contributed by atoms with van der Waals surface area (Å²) < 4.78 is 0. The van der Waals surface area contributed by atoms with Crippen molar-refractivity contribution < 1.29 is 9.90 Å². The molecule has 0 heterocycles. The van der Waals surface area contributed by atoms with Gasteiger partial charge in [0, 0.05) is 6.04 Å². The molecular weight excluding hydrogens is 240 g/mol. The molecule has 1 aromatic rings. The van der Waals surface area contributed by atoms with Gasteiger partial charge in [-0.25, -0.2) is 0 Å². The molecule has 0 radical (unpaired) electrons. The maximum absolute atomic E-state index is 11.9. The summed E-state index contributed by atoms with van der Waals surface area (Å²) in [5.74, 6) is -0.0643. The lowest BCUT2D eigenvalue weighted by Crippen LogP contribution is -2.53. The Hall–Kier alpha value is -1.39. The van der Waals surface area contributed by atoms with Gasteiger partial charge in [-0.3, -0.25) is 10.1 Å². The van der Waals surface area contributed by atoms with Gasteiger partial charge in [0.25, 0.3) is 0 Å². The Morgan fingerprint density at radius 1 is 1.26 bits per heavy atom. The lowest BCUT2D eigenvalue weighted by atomic mass is 9.92. The number of aliphatic hydroxyl groups is 1. The average molecular weight is 264 g/mol. The van der Waals surface area contributed by atoms with Crippen LogP contribution in [0.1, 0.15) is 33.3 Å². The number of benzene rings is 1. The number of carbonyl (C=O) groups is 1. The molecule has 4 heteroatoms. The minimum absolute atomic E-state index is 0.0643. The molecule has 1 aromatic carbocycles. The average Bonchev–Trinajstić information content (AvgIpc) is 2.38. The number of hydrogen-bond donors (Lipinski definition) is 3. The number of carbonyl (C=O) groups excluding carboxylic acids is 1. The molecule has 4 nitrogen and oxygen atoms in total. The van der Waals surface area contributed by atoms with Gasteiger partial charge in [-0.15, -0.1) is 0 Å². The Kier molecular flexibility index (Phi) is 5.51. The van der Waals surface area contributed by atoms with Gasteiger partial charge in [0.15, 0.2) is 0 Å². The number of hydrogen-bond acceptors (Lipinski definition) is 3. The summed E-state index contributed by atoms with van der Waals surface area (Å²) >= 11 is 0. The van der Waals surface area contributed by atoms with Crippen LogP contribution in [0, 0.1) is 0 Å². The summed E-state index contributed by atoms with van der Waals surface area (Å²) in [5, 5.41) is 15.7. The highest BCUT2D eigenvalue weighted by molar-refractivity contribution is 5.81. The highest BCUT2D eigenvalue weighted by Crippen LogP contribution is 2.20. The smallest absolute Gasteiger partial charge is 0.237 e. The van der Waals surface area contributed by atoms with Crippen molar-refractivity contribution in [1.82, 2.24) is 10.6 Å². The fourth-order valence-electron chi connectivity index (χ4n) is 1.98. The van der Waals surface area contributed by atoms with E-state index in [1.54, 1.807) is 6.92 Å². The second-order valence-electron chi connectivity index (χ2n) is 5.39. The predicted octanol–water partition coefficient (Wildman–Crippen LogP) is 1.40. The topological polar surface area (TPSA) is 61.4 Å². The van der Waals surface area contributed by atoms with Crippen LogP contribution in [0.25, 0.3) is 0 Å². The fraction of sp³-hybridized carbons (Fsp3) is 0.533. The van der Waals surface area contributed by atoms with Crippen LogP contribution >= 0.6 is 0 Å². The monoisotopic (exact) mass is 264 g/mol. The Morgan fingerprint density at radius 2 is 1.84 bits per heavy atom. The Balaban J connectivity index is 2.79. The first kappa shape index (κ1) is 15.7. The van der Waals surface area contributed by atoms with Crippen molar-refractivity contribution in [1.29, 1.82) is 0 Å². The van der Waals surface area contributed by atoms with Gasteiger partial charge >= 0.3 is 0 Å². The first-order valence-corrected chi connectivity index (χ1v) is 6.63. The van der Waals surface area contributed by atoms with Gasteiger partial charge < -0.3 is 10.4 Å². The van der Waals surface area contributed by atoms with E-state index in [0.29, 0.717) is 0 Å². The van der Waals surface area contributed by atoms with Crippen molar-refractivity contribution in [2.75, 3.05) is 6.61 Å². The molecule has 3 N–H and O–H groups in total. The molecule has 0 aliphatic rings. The molecule has 0 fully saturated rings. The Labute approximate surface area is 115 Å². The molecule has 0 spiro atoms. The zero-order valence-corrected chi connectivity index (χ0v) is 12.1. The standard InChI is InChI=1S/C15H24N2O2/c1-11(2)16-14(19)12(3)17-15(4,10-18)13-8-6-5-7-9-13/h5-9,11-12,17-18H,10H2,1-4H3,(H,16,19). The normalized spacial score (nSPS) is 15.9. The van der Waals surface area contributed by atoms with E-state index in [1.807, 2.05) is 51.1 Å². The van der Waals surface area contributed by atoms with Gasteiger partial charge in [-0.05, 0) is 33.3 Å². The predicted molar refractivity (Wildman–Crippen MR) is 76.8 cm³/mol. The van der Waals surface area contributed by atoms with Crippen molar-refractivity contribution in [3.8, 4) is 0 Å². The third-order valence-corrected chi connectivity index (χ3v) is 3.09. The summed E-state index contributed by atoms with van der Waals surface area (Å²) in [4.78, 5) is 11.9. The largest absolute Gasteiger partial charge is 0.394 e. The molecule has 0 aliphatic heterocycles. The molecule has 0 saturated carbocycles. The number of aliphatic hydroxyl groups excluding tert-OH is 1. The maximum atomic E-state index is 11.9. The summed E-state index contributed by atoms with van der Waals surface area (Å²) in [5.41, 5.74) is 0.330. The second kappa shape index (κ2) is 6.68.